The van der Waals surface area contributed by atoms with Crippen LogP contribution in [0.3, 0.4) is 0 Å². The molecule has 0 bridgehead atoms. The van der Waals surface area contributed by atoms with Gasteiger partial charge in [0.15, 0.2) is 9.84 Å². The van der Waals surface area contributed by atoms with Gasteiger partial charge in [-0.1, -0.05) is 13.0 Å². The van der Waals surface area contributed by atoms with Crippen LogP contribution in [0.5, 0.6) is 0 Å². The molecule has 0 saturated carbocycles. The number of rotatable bonds is 6. The highest BCUT2D eigenvalue weighted by atomic mass is 32.2. The number of carbonyl (C=O) groups is 1. The van der Waals surface area contributed by atoms with Crippen LogP contribution in [0.2, 0.25) is 0 Å². The molecule has 2 aromatic rings. The Hall–Kier alpha value is -2.15. The average Bonchev–Trinajstić information content (AvgIpc) is 3.05. The van der Waals surface area contributed by atoms with E-state index in [-0.39, 0.29) is 28.6 Å². The van der Waals surface area contributed by atoms with Gasteiger partial charge in [-0.05, 0) is 39.0 Å². The van der Waals surface area contributed by atoms with Gasteiger partial charge >= 0.3 is 0 Å². The van der Waals surface area contributed by atoms with Crippen LogP contribution in [0.1, 0.15) is 55.7 Å². The van der Waals surface area contributed by atoms with Gasteiger partial charge in [-0.3, -0.25) is 9.48 Å². The predicted octanol–water partition coefficient (Wildman–Crippen LogP) is 2.75. The molecule has 0 spiro atoms. The first-order chi connectivity index (χ1) is 11.2. The summed E-state index contributed by atoms with van der Waals surface area (Å²) in [5, 5.41) is 7.13. The summed E-state index contributed by atoms with van der Waals surface area (Å²) >= 11 is 0. The zero-order valence-electron chi connectivity index (χ0n) is 14.4. The lowest BCUT2D eigenvalue weighted by atomic mass is 10.1. The van der Waals surface area contributed by atoms with Gasteiger partial charge < -0.3 is 5.32 Å². The Morgan fingerprint density at radius 3 is 2.58 bits per heavy atom. The molecule has 0 unspecified atom stereocenters. The van der Waals surface area contributed by atoms with Crippen molar-refractivity contribution in [2.45, 2.75) is 44.7 Å². The van der Waals surface area contributed by atoms with Crippen molar-refractivity contribution in [1.82, 2.24) is 15.1 Å². The molecule has 7 heteroatoms. The quantitative estimate of drug-likeness (QED) is 0.869. The second-order valence-electron chi connectivity index (χ2n) is 5.97. The van der Waals surface area contributed by atoms with Crippen molar-refractivity contribution >= 4 is 15.7 Å². The second-order valence-corrected chi connectivity index (χ2v) is 8.25. The van der Waals surface area contributed by atoms with Crippen LogP contribution in [0.25, 0.3) is 0 Å². The zero-order valence-corrected chi connectivity index (χ0v) is 15.2. The maximum atomic E-state index is 12.4. The van der Waals surface area contributed by atoms with Gasteiger partial charge in [0.1, 0.15) is 0 Å². The largest absolute Gasteiger partial charge is 0.345 e. The van der Waals surface area contributed by atoms with E-state index in [1.807, 2.05) is 31.6 Å². The van der Waals surface area contributed by atoms with Crippen molar-refractivity contribution in [1.29, 1.82) is 0 Å². The third-order valence-corrected chi connectivity index (χ3v) is 5.57. The van der Waals surface area contributed by atoms with Crippen LogP contribution in [-0.2, 0) is 9.84 Å². The number of amides is 1. The number of hydrogen-bond acceptors (Lipinski definition) is 4. The van der Waals surface area contributed by atoms with Crippen molar-refractivity contribution in [2.75, 3.05) is 5.75 Å². The van der Waals surface area contributed by atoms with Crippen molar-refractivity contribution in [3.05, 3.63) is 47.8 Å². The summed E-state index contributed by atoms with van der Waals surface area (Å²) in [4.78, 5) is 12.6. The van der Waals surface area contributed by atoms with E-state index in [0.29, 0.717) is 5.56 Å². The third-order valence-electron chi connectivity index (χ3n) is 3.83. The first kappa shape index (κ1) is 18.2. The van der Waals surface area contributed by atoms with E-state index in [4.69, 9.17) is 0 Å². The molecule has 1 heterocycles. The molecule has 24 heavy (non-hydrogen) atoms. The first-order valence-electron chi connectivity index (χ1n) is 7.92. The van der Waals surface area contributed by atoms with Crippen LogP contribution < -0.4 is 5.32 Å². The summed E-state index contributed by atoms with van der Waals surface area (Å²) in [6, 6.07) is 6.13. The van der Waals surface area contributed by atoms with Gasteiger partial charge in [0.25, 0.3) is 5.91 Å². The van der Waals surface area contributed by atoms with E-state index >= 15 is 0 Å². The summed E-state index contributed by atoms with van der Waals surface area (Å²) in [6.45, 7) is 7.50. The molecule has 0 aliphatic heterocycles. The smallest absolute Gasteiger partial charge is 0.251 e. The normalized spacial score (nSPS) is 13.0. The number of aromatic nitrogens is 2. The number of nitrogens with one attached hydrogen (secondary N) is 1. The van der Waals surface area contributed by atoms with E-state index in [0.717, 1.165) is 5.56 Å². The van der Waals surface area contributed by atoms with E-state index in [2.05, 4.69) is 10.4 Å². The molecule has 1 atom stereocenters. The van der Waals surface area contributed by atoms with Crippen molar-refractivity contribution in [3.63, 3.8) is 0 Å². The van der Waals surface area contributed by atoms with Gasteiger partial charge in [-0.2, -0.15) is 5.10 Å². The molecule has 1 aromatic heterocycles. The number of nitrogens with zero attached hydrogens (tertiary/aromatic N) is 2. The van der Waals surface area contributed by atoms with Gasteiger partial charge in [0.2, 0.25) is 0 Å². The number of hydrogen-bond donors (Lipinski definition) is 1. The molecule has 6 nitrogen and oxygen atoms in total. The summed E-state index contributed by atoms with van der Waals surface area (Å²) in [7, 11) is -3.33. The van der Waals surface area contributed by atoms with Crippen molar-refractivity contribution in [2.24, 2.45) is 0 Å². The Bertz CT molecular complexity index is 825. The summed E-state index contributed by atoms with van der Waals surface area (Å²) < 4.78 is 25.7. The summed E-state index contributed by atoms with van der Waals surface area (Å²) in [5.74, 6) is -0.309. The summed E-state index contributed by atoms with van der Waals surface area (Å²) in [5.41, 5.74) is 1.22. The van der Waals surface area contributed by atoms with Crippen molar-refractivity contribution in [3.8, 4) is 0 Å². The van der Waals surface area contributed by atoms with Gasteiger partial charge in [-0.15, -0.1) is 0 Å². The fourth-order valence-electron chi connectivity index (χ4n) is 2.22. The Morgan fingerprint density at radius 1 is 1.29 bits per heavy atom. The Morgan fingerprint density at radius 2 is 2.00 bits per heavy atom. The van der Waals surface area contributed by atoms with E-state index in [1.54, 1.807) is 25.3 Å². The molecular formula is C17H23N3O3S. The first-order valence-corrected chi connectivity index (χ1v) is 9.57. The number of sulfone groups is 1. The van der Waals surface area contributed by atoms with Crippen molar-refractivity contribution < 1.29 is 13.2 Å². The van der Waals surface area contributed by atoms with Gasteiger partial charge in [-0.25, -0.2) is 8.42 Å². The third kappa shape index (κ3) is 4.03. The lowest BCUT2D eigenvalue weighted by molar-refractivity contribution is 0.0939. The molecule has 0 radical (unpaired) electrons. The highest BCUT2D eigenvalue weighted by molar-refractivity contribution is 7.91. The molecule has 0 aliphatic rings. The molecule has 1 aromatic carbocycles. The minimum Gasteiger partial charge on any atom is -0.345 e. The summed E-state index contributed by atoms with van der Waals surface area (Å²) in [6.07, 6.45) is 3.62. The fraction of sp³-hybridized carbons (Fsp3) is 0.412. The van der Waals surface area contributed by atoms with Gasteiger partial charge in [0, 0.05) is 23.4 Å². The SMILES string of the molecule is CCS(=O)(=O)c1cccc(C(=O)N[C@@H](C)c2cnn(C(C)C)c2)c1. The Balaban J connectivity index is 2.16. The Kier molecular flexibility index (Phi) is 5.43. The van der Waals surface area contributed by atoms with E-state index in [1.165, 1.54) is 12.1 Å². The molecule has 130 valence electrons. The molecule has 2 rings (SSSR count). The van der Waals surface area contributed by atoms with E-state index in [9.17, 15) is 13.2 Å². The minimum atomic E-state index is -3.33. The maximum absolute atomic E-state index is 12.4. The lowest BCUT2D eigenvalue weighted by Crippen LogP contribution is -2.26. The monoisotopic (exact) mass is 349 g/mol. The molecule has 1 amide bonds. The number of benzene rings is 1. The highest BCUT2D eigenvalue weighted by Crippen LogP contribution is 2.16. The lowest BCUT2D eigenvalue weighted by Gasteiger charge is -2.13. The molecule has 1 N–H and O–H groups in total. The number of carbonyl (C=O) groups excluding carboxylic acids is 1. The standard InChI is InChI=1S/C17H23N3O3S/c1-5-24(22,23)16-8-6-7-14(9-16)17(21)19-13(4)15-10-18-20(11-15)12(2)3/h6-13H,5H2,1-4H3,(H,19,21)/t13-/m0/s1. The molecule has 0 fully saturated rings. The Labute approximate surface area is 142 Å². The average molecular weight is 349 g/mol. The van der Waals surface area contributed by atoms with Crippen LogP contribution >= 0.6 is 0 Å². The topological polar surface area (TPSA) is 81.1 Å². The van der Waals surface area contributed by atoms with Gasteiger partial charge in [0.05, 0.1) is 22.9 Å². The van der Waals surface area contributed by atoms with Crippen LogP contribution in [0, 0.1) is 0 Å². The van der Waals surface area contributed by atoms with E-state index < -0.39 is 9.84 Å². The van der Waals surface area contributed by atoms with Crippen LogP contribution in [0.15, 0.2) is 41.6 Å². The minimum absolute atomic E-state index is 0.00284. The highest BCUT2D eigenvalue weighted by Gasteiger charge is 2.17. The fourth-order valence-corrected chi connectivity index (χ4v) is 3.15. The molecule has 0 saturated heterocycles. The second kappa shape index (κ2) is 7.17. The maximum Gasteiger partial charge on any atom is 0.251 e. The molecule has 0 aliphatic carbocycles. The van der Waals surface area contributed by atoms with Crippen LogP contribution in [-0.4, -0.2) is 29.9 Å². The van der Waals surface area contributed by atoms with Crippen LogP contribution in [0.4, 0.5) is 0 Å². The molecular weight excluding hydrogens is 326 g/mol. The zero-order chi connectivity index (χ0) is 17.9. The predicted molar refractivity (Wildman–Crippen MR) is 92.7 cm³/mol.